The Hall–Kier alpha value is -2.46. The van der Waals surface area contributed by atoms with Crippen LogP contribution in [0.2, 0.25) is 0 Å². The maximum Gasteiger partial charge on any atom is 0.323 e. The maximum atomic E-state index is 13.0. The van der Waals surface area contributed by atoms with E-state index in [0.717, 1.165) is 11.1 Å². The van der Waals surface area contributed by atoms with Crippen molar-refractivity contribution in [1.29, 1.82) is 0 Å². The Balaban J connectivity index is 2.11. The van der Waals surface area contributed by atoms with E-state index in [1.165, 1.54) is 0 Å². The summed E-state index contributed by atoms with van der Waals surface area (Å²) in [6.45, 7) is 5.73. The van der Waals surface area contributed by atoms with Crippen molar-refractivity contribution in [1.82, 2.24) is 0 Å². The number of hydrogen-bond donors (Lipinski definition) is 0. The topological polar surface area (TPSA) is 43.4 Å². The van der Waals surface area contributed by atoms with E-state index in [4.69, 9.17) is 4.74 Å². The maximum absolute atomic E-state index is 13.0. The lowest BCUT2D eigenvalue weighted by Gasteiger charge is -2.30. The Labute approximate surface area is 155 Å². The first-order valence-corrected chi connectivity index (χ1v) is 8.71. The standard InChI is InChI=1S/C21H17BrO3/c1-13(2)11-12-15-16-9-6-10-17(22)20(16)25-21(24)18(15)19(23)14-7-4-3-5-8-14/h3-12,15,18H,1H2,2H3/b12-11+. The van der Waals surface area contributed by atoms with Gasteiger partial charge in [-0.05, 0) is 28.9 Å². The van der Waals surface area contributed by atoms with Gasteiger partial charge in [0.05, 0.1) is 4.47 Å². The molecule has 1 aliphatic heterocycles. The summed E-state index contributed by atoms with van der Waals surface area (Å²) in [7, 11) is 0. The number of ketones is 1. The molecule has 2 atom stereocenters. The first-order valence-electron chi connectivity index (χ1n) is 7.92. The zero-order valence-electron chi connectivity index (χ0n) is 13.7. The van der Waals surface area contributed by atoms with Gasteiger partial charge in [-0.3, -0.25) is 9.59 Å². The van der Waals surface area contributed by atoms with E-state index in [9.17, 15) is 9.59 Å². The van der Waals surface area contributed by atoms with Gasteiger partial charge in [-0.15, -0.1) is 0 Å². The van der Waals surface area contributed by atoms with Crippen LogP contribution in [0.1, 0.15) is 28.8 Å². The van der Waals surface area contributed by atoms with Gasteiger partial charge >= 0.3 is 5.97 Å². The molecule has 0 saturated heterocycles. The third-order valence-electron chi connectivity index (χ3n) is 4.10. The van der Waals surface area contributed by atoms with Crippen molar-refractivity contribution >= 4 is 27.7 Å². The van der Waals surface area contributed by atoms with E-state index in [2.05, 4.69) is 22.5 Å². The van der Waals surface area contributed by atoms with Gasteiger partial charge in [-0.1, -0.05) is 66.8 Å². The second-order valence-electron chi connectivity index (χ2n) is 6.02. The molecule has 1 heterocycles. The number of hydrogen-bond acceptors (Lipinski definition) is 3. The molecule has 0 spiro atoms. The summed E-state index contributed by atoms with van der Waals surface area (Å²) < 4.78 is 6.18. The number of para-hydroxylation sites is 1. The molecule has 0 fully saturated rings. The minimum atomic E-state index is -0.917. The molecule has 0 N–H and O–H groups in total. The number of carbonyl (C=O) groups excluding carboxylic acids is 2. The molecular weight excluding hydrogens is 380 g/mol. The summed E-state index contributed by atoms with van der Waals surface area (Å²) in [5, 5.41) is 0. The quantitative estimate of drug-likeness (QED) is 0.238. The van der Waals surface area contributed by atoms with Crippen molar-refractivity contribution in [2.75, 3.05) is 0 Å². The lowest BCUT2D eigenvalue weighted by atomic mass is 9.79. The van der Waals surface area contributed by atoms with E-state index in [1.54, 1.807) is 24.3 Å². The molecule has 0 amide bonds. The molecule has 0 bridgehead atoms. The van der Waals surface area contributed by atoms with Crippen LogP contribution in [-0.4, -0.2) is 11.8 Å². The van der Waals surface area contributed by atoms with Crippen molar-refractivity contribution in [3.05, 3.63) is 88.4 Å². The smallest absolute Gasteiger partial charge is 0.323 e. The highest BCUT2D eigenvalue weighted by Crippen LogP contribution is 2.43. The normalized spacial score (nSPS) is 19.4. The largest absolute Gasteiger partial charge is 0.424 e. The zero-order valence-corrected chi connectivity index (χ0v) is 15.3. The SMILES string of the molecule is C=C(C)/C=C/C1c2cccc(Br)c2OC(=O)C1C(=O)c1ccccc1. The Morgan fingerprint density at radius 3 is 2.56 bits per heavy atom. The monoisotopic (exact) mass is 396 g/mol. The number of halogens is 1. The number of fused-ring (bicyclic) bond motifs is 1. The molecule has 126 valence electrons. The minimum absolute atomic E-state index is 0.243. The lowest BCUT2D eigenvalue weighted by Crippen LogP contribution is -2.37. The second-order valence-corrected chi connectivity index (χ2v) is 6.87. The number of benzene rings is 2. The number of Topliss-reactive ketones (excluding diaryl/α,β-unsaturated/α-hetero) is 1. The van der Waals surface area contributed by atoms with Gasteiger partial charge in [-0.25, -0.2) is 0 Å². The van der Waals surface area contributed by atoms with Gasteiger partial charge in [0, 0.05) is 17.0 Å². The van der Waals surface area contributed by atoms with Crippen molar-refractivity contribution in [2.45, 2.75) is 12.8 Å². The highest BCUT2D eigenvalue weighted by atomic mass is 79.9. The molecule has 2 aromatic carbocycles. The zero-order chi connectivity index (χ0) is 18.0. The minimum Gasteiger partial charge on any atom is -0.424 e. The first kappa shape index (κ1) is 17.4. The van der Waals surface area contributed by atoms with Gasteiger partial charge in [0.1, 0.15) is 11.7 Å². The molecule has 0 radical (unpaired) electrons. The number of esters is 1. The van der Waals surface area contributed by atoms with Crippen LogP contribution in [0.4, 0.5) is 0 Å². The van der Waals surface area contributed by atoms with Crippen LogP contribution < -0.4 is 4.74 Å². The molecule has 0 aromatic heterocycles. The van der Waals surface area contributed by atoms with Gasteiger partial charge in [0.25, 0.3) is 0 Å². The van der Waals surface area contributed by atoms with E-state index >= 15 is 0 Å². The van der Waals surface area contributed by atoms with Crippen molar-refractivity contribution in [2.24, 2.45) is 5.92 Å². The molecule has 0 aliphatic carbocycles. The Bertz CT molecular complexity index is 868. The summed E-state index contributed by atoms with van der Waals surface area (Å²) >= 11 is 3.42. The van der Waals surface area contributed by atoms with E-state index in [-0.39, 0.29) is 5.78 Å². The average Bonchev–Trinajstić information content (AvgIpc) is 2.60. The highest BCUT2D eigenvalue weighted by Gasteiger charge is 2.42. The molecule has 0 saturated carbocycles. The molecule has 4 heteroatoms. The van der Waals surface area contributed by atoms with Gasteiger partial charge < -0.3 is 4.74 Å². The van der Waals surface area contributed by atoms with E-state index in [0.29, 0.717) is 15.8 Å². The van der Waals surface area contributed by atoms with Gasteiger partial charge in [-0.2, -0.15) is 0 Å². The van der Waals surface area contributed by atoms with E-state index < -0.39 is 17.8 Å². The fourth-order valence-electron chi connectivity index (χ4n) is 2.92. The molecule has 3 rings (SSSR count). The number of carbonyl (C=O) groups is 2. The van der Waals surface area contributed by atoms with E-state index in [1.807, 2.05) is 43.3 Å². The van der Waals surface area contributed by atoms with Crippen LogP contribution >= 0.6 is 15.9 Å². The van der Waals surface area contributed by atoms with Crippen LogP contribution in [0.3, 0.4) is 0 Å². The van der Waals surface area contributed by atoms with Gasteiger partial charge in [0.15, 0.2) is 5.78 Å². The predicted molar refractivity (Wildman–Crippen MR) is 101 cm³/mol. The first-order chi connectivity index (χ1) is 12.0. The highest BCUT2D eigenvalue weighted by molar-refractivity contribution is 9.10. The molecule has 2 unspecified atom stereocenters. The van der Waals surface area contributed by atoms with Crippen molar-refractivity contribution in [3.8, 4) is 5.75 Å². The summed E-state index contributed by atoms with van der Waals surface area (Å²) in [6, 6.07) is 14.4. The summed E-state index contributed by atoms with van der Waals surface area (Å²) in [5.74, 6) is -1.63. The fourth-order valence-corrected chi connectivity index (χ4v) is 3.38. The van der Waals surface area contributed by atoms with Crippen LogP contribution in [0.25, 0.3) is 0 Å². The third-order valence-corrected chi connectivity index (χ3v) is 4.73. The number of rotatable bonds is 4. The van der Waals surface area contributed by atoms with Crippen LogP contribution in [0, 0.1) is 5.92 Å². The summed E-state index contributed by atoms with van der Waals surface area (Å²) in [4.78, 5) is 25.6. The van der Waals surface area contributed by atoms with Crippen molar-refractivity contribution in [3.63, 3.8) is 0 Å². The fraction of sp³-hybridized carbons (Fsp3) is 0.143. The van der Waals surface area contributed by atoms with Crippen LogP contribution in [0.5, 0.6) is 5.75 Å². The summed E-state index contributed by atoms with van der Waals surface area (Å²) in [6.07, 6.45) is 3.69. The molecular formula is C21H17BrO3. The lowest BCUT2D eigenvalue weighted by molar-refractivity contribution is -0.138. The Morgan fingerprint density at radius 1 is 1.16 bits per heavy atom. The number of ether oxygens (including phenoxy) is 1. The summed E-state index contributed by atoms with van der Waals surface area (Å²) in [5.41, 5.74) is 2.15. The molecule has 2 aromatic rings. The Kier molecular flexibility index (Phi) is 5.00. The van der Waals surface area contributed by atoms with Crippen LogP contribution in [0.15, 0.2) is 77.3 Å². The Morgan fingerprint density at radius 2 is 1.88 bits per heavy atom. The molecule has 25 heavy (non-hydrogen) atoms. The molecule has 1 aliphatic rings. The second kappa shape index (κ2) is 7.19. The molecule has 3 nitrogen and oxygen atoms in total. The average molecular weight is 397 g/mol. The van der Waals surface area contributed by atoms with Gasteiger partial charge in [0.2, 0.25) is 0 Å². The van der Waals surface area contributed by atoms with Crippen molar-refractivity contribution < 1.29 is 14.3 Å². The third kappa shape index (κ3) is 3.49. The number of allylic oxidation sites excluding steroid dienone is 3. The van der Waals surface area contributed by atoms with Crippen LogP contribution in [-0.2, 0) is 4.79 Å². The predicted octanol–water partition coefficient (Wildman–Crippen LogP) is 5.08.